The highest BCUT2D eigenvalue weighted by molar-refractivity contribution is 5.94. The molecule has 0 spiro atoms. The van der Waals surface area contributed by atoms with Crippen molar-refractivity contribution in [1.82, 2.24) is 10.3 Å². The Morgan fingerprint density at radius 2 is 1.79 bits per heavy atom. The van der Waals surface area contributed by atoms with Crippen molar-refractivity contribution >= 4 is 23.1 Å². The van der Waals surface area contributed by atoms with E-state index in [9.17, 15) is 9.18 Å². The van der Waals surface area contributed by atoms with E-state index >= 15 is 0 Å². The highest BCUT2D eigenvalue weighted by Gasteiger charge is 2.12. The number of hydrogen-bond donors (Lipinski definition) is 2. The molecule has 1 aliphatic heterocycles. The van der Waals surface area contributed by atoms with Crippen LogP contribution in [0.3, 0.4) is 0 Å². The molecule has 4 rings (SSSR count). The van der Waals surface area contributed by atoms with Crippen LogP contribution in [0.5, 0.6) is 0 Å². The zero-order valence-electron chi connectivity index (χ0n) is 16.1. The van der Waals surface area contributed by atoms with Gasteiger partial charge in [0.15, 0.2) is 0 Å². The molecule has 6 heteroatoms. The Balaban J connectivity index is 1.39. The molecule has 1 aromatic heterocycles. The molecule has 3 aromatic rings. The molecule has 0 bridgehead atoms. The van der Waals surface area contributed by atoms with Gasteiger partial charge >= 0.3 is 0 Å². The molecule has 5 nitrogen and oxygen atoms in total. The monoisotopic (exact) mass is 390 g/mol. The zero-order chi connectivity index (χ0) is 20.1. The fourth-order valence-corrected chi connectivity index (χ4v) is 3.44. The molecule has 1 aliphatic rings. The first-order valence-electron chi connectivity index (χ1n) is 9.79. The molecule has 2 heterocycles. The van der Waals surface area contributed by atoms with Crippen molar-refractivity contribution in [3.8, 4) is 0 Å². The number of nitrogens with one attached hydrogen (secondary N) is 2. The van der Waals surface area contributed by atoms with E-state index in [-0.39, 0.29) is 18.3 Å². The average Bonchev–Trinajstić information content (AvgIpc) is 3.29. The van der Waals surface area contributed by atoms with E-state index in [1.807, 2.05) is 12.1 Å². The van der Waals surface area contributed by atoms with Gasteiger partial charge in [-0.05, 0) is 55.3 Å². The van der Waals surface area contributed by atoms with Crippen LogP contribution in [-0.2, 0) is 6.54 Å². The topological polar surface area (TPSA) is 57.3 Å². The number of halogens is 1. The number of carbonyl (C=O) groups excluding carboxylic acids is 1. The van der Waals surface area contributed by atoms with Gasteiger partial charge in [-0.15, -0.1) is 0 Å². The summed E-state index contributed by atoms with van der Waals surface area (Å²) >= 11 is 0. The van der Waals surface area contributed by atoms with Crippen molar-refractivity contribution in [3.05, 3.63) is 83.8 Å². The summed E-state index contributed by atoms with van der Waals surface area (Å²) in [7, 11) is 0. The first-order valence-corrected chi connectivity index (χ1v) is 9.79. The Kier molecular flexibility index (Phi) is 5.70. The van der Waals surface area contributed by atoms with Gasteiger partial charge in [0, 0.05) is 48.3 Å². The number of rotatable bonds is 6. The lowest BCUT2D eigenvalue weighted by molar-refractivity contribution is 0.0950. The molecule has 29 heavy (non-hydrogen) atoms. The average molecular weight is 390 g/mol. The number of benzene rings is 2. The van der Waals surface area contributed by atoms with Gasteiger partial charge in [-0.25, -0.2) is 9.37 Å². The smallest absolute Gasteiger partial charge is 0.251 e. The predicted octanol–water partition coefficient (Wildman–Crippen LogP) is 4.49. The van der Waals surface area contributed by atoms with E-state index in [2.05, 4.69) is 32.7 Å². The van der Waals surface area contributed by atoms with Crippen molar-refractivity contribution in [2.75, 3.05) is 23.3 Å². The normalized spacial score (nSPS) is 13.3. The van der Waals surface area contributed by atoms with E-state index in [1.165, 1.54) is 24.6 Å². The third-order valence-corrected chi connectivity index (χ3v) is 5.03. The molecule has 1 saturated heterocycles. The summed E-state index contributed by atoms with van der Waals surface area (Å²) in [6.07, 6.45) is 4.07. The minimum atomic E-state index is -0.331. The highest BCUT2D eigenvalue weighted by Crippen LogP contribution is 2.23. The van der Waals surface area contributed by atoms with E-state index in [4.69, 9.17) is 0 Å². The lowest BCUT2D eigenvalue weighted by Crippen LogP contribution is -2.23. The van der Waals surface area contributed by atoms with Crippen molar-refractivity contribution in [2.24, 2.45) is 0 Å². The van der Waals surface area contributed by atoms with Crippen molar-refractivity contribution in [1.29, 1.82) is 0 Å². The van der Waals surface area contributed by atoms with E-state index in [0.717, 1.165) is 18.8 Å². The number of aromatic nitrogens is 1. The summed E-state index contributed by atoms with van der Waals surface area (Å²) < 4.78 is 13.7. The number of hydrogen-bond acceptors (Lipinski definition) is 4. The van der Waals surface area contributed by atoms with Crippen LogP contribution in [0.1, 0.15) is 28.8 Å². The van der Waals surface area contributed by atoms with Crippen LogP contribution in [0.15, 0.2) is 66.9 Å². The fourth-order valence-electron chi connectivity index (χ4n) is 3.44. The van der Waals surface area contributed by atoms with Crippen LogP contribution >= 0.6 is 0 Å². The Bertz CT molecular complexity index is 984. The summed E-state index contributed by atoms with van der Waals surface area (Å²) in [6.45, 7) is 2.35. The molecule has 2 aromatic carbocycles. The molecule has 2 N–H and O–H groups in total. The molecule has 0 saturated carbocycles. The summed E-state index contributed by atoms with van der Waals surface area (Å²) in [5, 5.41) is 5.98. The molecule has 0 unspecified atom stereocenters. The van der Waals surface area contributed by atoms with Gasteiger partial charge < -0.3 is 15.5 Å². The second kappa shape index (κ2) is 8.73. The Hall–Kier alpha value is -3.41. The van der Waals surface area contributed by atoms with Crippen LogP contribution in [0.4, 0.5) is 21.6 Å². The van der Waals surface area contributed by atoms with Gasteiger partial charge in [-0.1, -0.05) is 18.2 Å². The van der Waals surface area contributed by atoms with Crippen LogP contribution in [0.2, 0.25) is 0 Å². The van der Waals surface area contributed by atoms with Gasteiger partial charge in [0.25, 0.3) is 5.91 Å². The molecule has 0 atom stereocenters. The molecule has 1 fully saturated rings. The molecule has 148 valence electrons. The quantitative estimate of drug-likeness (QED) is 0.651. The zero-order valence-corrected chi connectivity index (χ0v) is 16.1. The van der Waals surface area contributed by atoms with E-state index < -0.39 is 0 Å². The first kappa shape index (κ1) is 18.9. The summed E-state index contributed by atoms with van der Waals surface area (Å²) in [6, 6.07) is 17.9. The molecule has 0 aliphatic carbocycles. The van der Waals surface area contributed by atoms with Crippen LogP contribution in [0.25, 0.3) is 0 Å². The van der Waals surface area contributed by atoms with Crippen molar-refractivity contribution < 1.29 is 9.18 Å². The fraction of sp³-hybridized carbons (Fsp3) is 0.217. The minimum absolute atomic E-state index is 0.133. The predicted molar refractivity (Wildman–Crippen MR) is 113 cm³/mol. The summed E-state index contributed by atoms with van der Waals surface area (Å²) in [5.74, 6) is -0.0252. The van der Waals surface area contributed by atoms with Gasteiger partial charge in [0.1, 0.15) is 11.6 Å². The highest BCUT2D eigenvalue weighted by atomic mass is 19.1. The maximum Gasteiger partial charge on any atom is 0.251 e. The minimum Gasteiger partial charge on any atom is -0.372 e. The van der Waals surface area contributed by atoms with Crippen LogP contribution in [0, 0.1) is 5.82 Å². The largest absolute Gasteiger partial charge is 0.372 e. The van der Waals surface area contributed by atoms with E-state index in [1.54, 1.807) is 36.5 Å². The first-order chi connectivity index (χ1) is 14.2. The lowest BCUT2D eigenvalue weighted by Gasteiger charge is -2.18. The standard InChI is InChI=1S/C23H23FN4O/c24-21-6-2-1-5-18(21)16-26-23(29)17-11-12-25-22(15-17)27-19-7-9-20(10-8-19)28-13-3-4-14-28/h1-2,5-12,15H,3-4,13-14,16H2,(H,25,27)(H,26,29). The van der Waals surface area contributed by atoms with Crippen LogP contribution < -0.4 is 15.5 Å². The number of amides is 1. The van der Waals surface area contributed by atoms with Gasteiger partial charge in [-0.3, -0.25) is 4.79 Å². The second-order valence-corrected chi connectivity index (χ2v) is 7.07. The van der Waals surface area contributed by atoms with E-state index in [0.29, 0.717) is 16.9 Å². The number of anilines is 3. The molecular formula is C23H23FN4O. The van der Waals surface area contributed by atoms with Crippen molar-refractivity contribution in [3.63, 3.8) is 0 Å². The summed E-state index contributed by atoms with van der Waals surface area (Å²) in [5.41, 5.74) is 3.05. The Morgan fingerprint density at radius 1 is 1.03 bits per heavy atom. The Morgan fingerprint density at radius 3 is 2.55 bits per heavy atom. The number of nitrogens with zero attached hydrogens (tertiary/aromatic N) is 2. The number of pyridine rings is 1. The van der Waals surface area contributed by atoms with Gasteiger partial charge in [0.2, 0.25) is 0 Å². The van der Waals surface area contributed by atoms with Gasteiger partial charge in [0.05, 0.1) is 0 Å². The SMILES string of the molecule is O=C(NCc1ccccc1F)c1ccnc(Nc2ccc(N3CCCC3)cc2)c1. The third-order valence-electron chi connectivity index (χ3n) is 5.03. The number of carbonyl (C=O) groups is 1. The lowest BCUT2D eigenvalue weighted by atomic mass is 10.2. The maximum absolute atomic E-state index is 13.7. The Labute approximate surface area is 169 Å². The molecule has 1 amide bonds. The molecular weight excluding hydrogens is 367 g/mol. The third kappa shape index (κ3) is 4.71. The summed E-state index contributed by atoms with van der Waals surface area (Å²) in [4.78, 5) is 19.1. The second-order valence-electron chi connectivity index (χ2n) is 7.07. The maximum atomic E-state index is 13.7. The van der Waals surface area contributed by atoms with Gasteiger partial charge in [-0.2, -0.15) is 0 Å². The van der Waals surface area contributed by atoms with Crippen molar-refractivity contribution in [2.45, 2.75) is 19.4 Å². The molecule has 0 radical (unpaired) electrons. The van der Waals surface area contributed by atoms with Crippen LogP contribution in [-0.4, -0.2) is 24.0 Å².